The number of carbonyl (C=O) groups excluding carboxylic acids is 1. The van der Waals surface area contributed by atoms with Crippen molar-refractivity contribution in [3.63, 3.8) is 0 Å². The van der Waals surface area contributed by atoms with Crippen LogP contribution in [-0.2, 0) is 4.79 Å². The van der Waals surface area contributed by atoms with E-state index in [1.54, 1.807) is 31.3 Å². The number of aliphatic imine (C=N–C) groups is 1. The van der Waals surface area contributed by atoms with Crippen molar-refractivity contribution in [3.05, 3.63) is 58.5 Å². The summed E-state index contributed by atoms with van der Waals surface area (Å²) in [7, 11) is 1.64. The molecule has 0 atom stereocenters. The van der Waals surface area contributed by atoms with Gasteiger partial charge in [-0.2, -0.15) is 0 Å². The molecule has 2 aromatic carbocycles. The number of rotatable bonds is 7. The second kappa shape index (κ2) is 9.49. The highest BCUT2D eigenvalue weighted by Crippen LogP contribution is 2.35. The van der Waals surface area contributed by atoms with E-state index in [0.29, 0.717) is 40.5 Å². The van der Waals surface area contributed by atoms with Crippen molar-refractivity contribution >= 4 is 40.6 Å². The summed E-state index contributed by atoms with van der Waals surface area (Å²) in [5.74, 6) is 0.113. The number of amidine groups is 1. The number of hydrogen-bond acceptors (Lipinski definition) is 6. The van der Waals surface area contributed by atoms with Crippen LogP contribution in [0.5, 0.6) is 11.5 Å². The van der Waals surface area contributed by atoms with E-state index in [1.807, 2.05) is 26.0 Å². The summed E-state index contributed by atoms with van der Waals surface area (Å²) in [4.78, 5) is 30.3. The van der Waals surface area contributed by atoms with Gasteiger partial charge in [-0.3, -0.25) is 9.69 Å². The van der Waals surface area contributed by atoms with Crippen molar-refractivity contribution in [2.24, 2.45) is 4.99 Å². The number of carbonyl (C=O) groups is 2. The van der Waals surface area contributed by atoms with Gasteiger partial charge in [0.25, 0.3) is 5.91 Å². The Morgan fingerprint density at radius 3 is 2.63 bits per heavy atom. The van der Waals surface area contributed by atoms with Crippen LogP contribution >= 0.6 is 11.8 Å². The van der Waals surface area contributed by atoms with Gasteiger partial charge >= 0.3 is 5.97 Å². The van der Waals surface area contributed by atoms with Gasteiger partial charge in [-0.25, -0.2) is 9.79 Å². The van der Waals surface area contributed by atoms with Gasteiger partial charge in [0, 0.05) is 18.7 Å². The first-order valence-corrected chi connectivity index (χ1v) is 10.2. The average molecular weight is 426 g/mol. The normalized spacial score (nSPS) is 16.4. The van der Waals surface area contributed by atoms with Crippen molar-refractivity contribution in [1.29, 1.82) is 0 Å². The lowest BCUT2D eigenvalue weighted by Crippen LogP contribution is -2.23. The maximum Gasteiger partial charge on any atom is 0.335 e. The molecule has 1 amide bonds. The van der Waals surface area contributed by atoms with Gasteiger partial charge in [0.2, 0.25) is 0 Å². The van der Waals surface area contributed by atoms with Gasteiger partial charge < -0.3 is 14.6 Å². The molecule has 1 N–H and O–H groups in total. The molecule has 1 heterocycles. The maximum atomic E-state index is 12.7. The summed E-state index contributed by atoms with van der Waals surface area (Å²) in [6.07, 6.45) is 1.76. The van der Waals surface area contributed by atoms with Gasteiger partial charge in [0.05, 0.1) is 29.4 Å². The van der Waals surface area contributed by atoms with E-state index in [1.165, 1.54) is 28.8 Å². The van der Waals surface area contributed by atoms with Crippen molar-refractivity contribution < 1.29 is 24.2 Å². The molecule has 2 aromatic rings. The van der Waals surface area contributed by atoms with Crippen LogP contribution in [-0.4, -0.2) is 47.3 Å². The maximum absolute atomic E-state index is 12.7. The molecule has 7 nitrogen and oxygen atoms in total. The summed E-state index contributed by atoms with van der Waals surface area (Å²) in [6, 6.07) is 11.8. The lowest BCUT2D eigenvalue weighted by Gasteiger charge is -2.10. The standard InChI is InChI=1S/C22H22N2O5S/c1-4-28-17-10-9-14(18(13-17)29-5-2)12-19-20(25)24(3)22(30-19)23-16-8-6-7-15(11-16)21(26)27/h6-13H,4-5H2,1-3H3,(H,26,27)/b19-12-,23-22?. The first-order chi connectivity index (χ1) is 14.4. The molecule has 1 aliphatic heterocycles. The van der Waals surface area contributed by atoms with Gasteiger partial charge in [-0.05, 0) is 62.0 Å². The van der Waals surface area contributed by atoms with Crippen LogP contribution in [0.15, 0.2) is 52.4 Å². The fraction of sp³-hybridized carbons (Fsp3) is 0.227. The van der Waals surface area contributed by atoms with Gasteiger partial charge in [0.15, 0.2) is 5.17 Å². The van der Waals surface area contributed by atoms with Crippen LogP contribution in [0.4, 0.5) is 5.69 Å². The Balaban J connectivity index is 1.91. The zero-order valence-electron chi connectivity index (χ0n) is 16.9. The van der Waals surface area contributed by atoms with Crippen LogP contribution in [0.25, 0.3) is 6.08 Å². The average Bonchev–Trinajstić information content (AvgIpc) is 2.98. The summed E-state index contributed by atoms with van der Waals surface area (Å²) < 4.78 is 11.2. The van der Waals surface area contributed by atoms with E-state index >= 15 is 0 Å². The highest BCUT2D eigenvalue weighted by molar-refractivity contribution is 8.18. The number of carboxylic acids is 1. The quantitative estimate of drug-likeness (QED) is 0.660. The van der Waals surface area contributed by atoms with Crippen molar-refractivity contribution in [2.75, 3.05) is 20.3 Å². The van der Waals surface area contributed by atoms with Gasteiger partial charge in [0.1, 0.15) is 11.5 Å². The summed E-state index contributed by atoms with van der Waals surface area (Å²) in [6.45, 7) is 4.84. The summed E-state index contributed by atoms with van der Waals surface area (Å²) in [5, 5.41) is 9.62. The number of thioether (sulfide) groups is 1. The van der Waals surface area contributed by atoms with E-state index in [9.17, 15) is 9.59 Å². The molecule has 0 aromatic heterocycles. The predicted molar refractivity (Wildman–Crippen MR) is 118 cm³/mol. The van der Waals surface area contributed by atoms with E-state index in [0.717, 1.165) is 5.56 Å². The largest absolute Gasteiger partial charge is 0.494 e. The fourth-order valence-corrected chi connectivity index (χ4v) is 3.76. The number of hydrogen-bond donors (Lipinski definition) is 1. The molecule has 0 spiro atoms. The number of aromatic carboxylic acids is 1. The number of benzene rings is 2. The Morgan fingerprint density at radius 2 is 1.93 bits per heavy atom. The highest BCUT2D eigenvalue weighted by atomic mass is 32.2. The Kier molecular flexibility index (Phi) is 6.79. The Labute approximate surface area is 179 Å². The van der Waals surface area contributed by atoms with E-state index in [4.69, 9.17) is 14.6 Å². The minimum atomic E-state index is -1.03. The summed E-state index contributed by atoms with van der Waals surface area (Å²) >= 11 is 1.23. The Bertz CT molecular complexity index is 1030. The molecule has 3 rings (SSSR count). The van der Waals surface area contributed by atoms with Gasteiger partial charge in [-0.1, -0.05) is 6.07 Å². The van der Waals surface area contributed by atoms with Crippen molar-refractivity contribution in [3.8, 4) is 11.5 Å². The third-order valence-corrected chi connectivity index (χ3v) is 5.26. The van der Waals surface area contributed by atoms with E-state index in [-0.39, 0.29) is 11.5 Å². The van der Waals surface area contributed by atoms with Crippen molar-refractivity contribution in [2.45, 2.75) is 13.8 Å². The van der Waals surface area contributed by atoms with Crippen molar-refractivity contribution in [1.82, 2.24) is 4.90 Å². The van der Waals surface area contributed by atoms with Crippen LogP contribution < -0.4 is 9.47 Å². The first kappa shape index (κ1) is 21.4. The van der Waals surface area contributed by atoms with Crippen LogP contribution in [0.3, 0.4) is 0 Å². The molecule has 30 heavy (non-hydrogen) atoms. The first-order valence-electron chi connectivity index (χ1n) is 9.42. The van der Waals surface area contributed by atoms with Crippen LogP contribution in [0.1, 0.15) is 29.8 Å². The molecule has 0 unspecified atom stereocenters. The topological polar surface area (TPSA) is 88.4 Å². The molecule has 0 aliphatic carbocycles. The number of ether oxygens (including phenoxy) is 2. The molecule has 1 fully saturated rings. The molecule has 0 bridgehead atoms. The lowest BCUT2D eigenvalue weighted by molar-refractivity contribution is -0.121. The molecule has 1 saturated heterocycles. The zero-order chi connectivity index (χ0) is 21.7. The molecule has 0 radical (unpaired) electrons. The second-order valence-electron chi connectivity index (χ2n) is 6.29. The fourth-order valence-electron chi connectivity index (χ4n) is 2.78. The SMILES string of the molecule is CCOc1ccc(/C=C2\SC(=Nc3cccc(C(=O)O)c3)N(C)C2=O)c(OCC)c1. The minimum absolute atomic E-state index is 0.139. The number of amides is 1. The third-order valence-electron chi connectivity index (χ3n) is 4.20. The smallest absolute Gasteiger partial charge is 0.335 e. The van der Waals surface area contributed by atoms with Crippen LogP contribution in [0, 0.1) is 0 Å². The lowest BCUT2D eigenvalue weighted by atomic mass is 10.1. The third kappa shape index (κ3) is 4.83. The number of likely N-dealkylation sites (N-methyl/N-ethyl adjacent to an activating group) is 1. The molecular formula is C22H22N2O5S. The number of nitrogens with zero attached hydrogens (tertiary/aromatic N) is 2. The Hall–Kier alpha value is -3.26. The highest BCUT2D eigenvalue weighted by Gasteiger charge is 2.30. The zero-order valence-corrected chi connectivity index (χ0v) is 17.7. The molecule has 0 saturated carbocycles. The second-order valence-corrected chi connectivity index (χ2v) is 7.30. The molecule has 1 aliphatic rings. The molecule has 156 valence electrons. The van der Waals surface area contributed by atoms with Gasteiger partial charge in [-0.15, -0.1) is 0 Å². The summed E-state index contributed by atoms with van der Waals surface area (Å²) in [5.41, 5.74) is 1.37. The molecular weight excluding hydrogens is 404 g/mol. The van der Waals surface area contributed by atoms with E-state index in [2.05, 4.69) is 4.99 Å². The minimum Gasteiger partial charge on any atom is -0.494 e. The van der Waals surface area contributed by atoms with Crippen LogP contribution in [0.2, 0.25) is 0 Å². The number of carboxylic acid groups (broad SMARTS) is 1. The van der Waals surface area contributed by atoms with E-state index < -0.39 is 5.97 Å². The molecule has 8 heteroatoms. The predicted octanol–water partition coefficient (Wildman–Crippen LogP) is 4.42. The Morgan fingerprint density at radius 1 is 1.17 bits per heavy atom. The monoisotopic (exact) mass is 426 g/mol.